The molecule has 2 aromatic rings. The summed E-state index contributed by atoms with van der Waals surface area (Å²) in [4.78, 5) is 14.7. The molecular formula is C11H13N3O2. The number of carboxylic acid groups (broad SMARTS) is 1. The Morgan fingerprint density at radius 3 is 2.62 bits per heavy atom. The van der Waals surface area contributed by atoms with E-state index < -0.39 is 5.97 Å². The maximum absolute atomic E-state index is 10.9. The fourth-order valence-electron chi connectivity index (χ4n) is 1.46. The predicted octanol–water partition coefficient (Wildman–Crippen LogP) is 1.72. The Labute approximate surface area is 92.7 Å². The molecule has 5 heteroatoms. The molecule has 0 unspecified atom stereocenters. The van der Waals surface area contributed by atoms with E-state index >= 15 is 0 Å². The number of nitrogens with zero attached hydrogens (tertiary/aromatic N) is 3. The van der Waals surface area contributed by atoms with Gasteiger partial charge in [0.2, 0.25) is 0 Å². The highest BCUT2D eigenvalue weighted by Gasteiger charge is 2.18. The highest BCUT2D eigenvalue weighted by Crippen LogP contribution is 2.20. The Morgan fingerprint density at radius 1 is 1.38 bits per heavy atom. The molecule has 0 atom stereocenters. The summed E-state index contributed by atoms with van der Waals surface area (Å²) in [5, 5.41) is 13.2. The van der Waals surface area contributed by atoms with Gasteiger partial charge in [0.15, 0.2) is 5.69 Å². The van der Waals surface area contributed by atoms with E-state index in [4.69, 9.17) is 5.11 Å². The molecule has 5 nitrogen and oxygen atoms in total. The minimum absolute atomic E-state index is 0.0351. The van der Waals surface area contributed by atoms with Crippen LogP contribution in [-0.2, 0) is 5.41 Å². The molecule has 0 saturated heterocycles. The van der Waals surface area contributed by atoms with E-state index in [1.165, 1.54) is 10.8 Å². The first-order valence-electron chi connectivity index (χ1n) is 4.98. The lowest BCUT2D eigenvalue weighted by atomic mass is 9.92. The van der Waals surface area contributed by atoms with Crippen molar-refractivity contribution in [3.63, 3.8) is 0 Å². The molecule has 16 heavy (non-hydrogen) atoms. The fourth-order valence-corrected chi connectivity index (χ4v) is 1.46. The molecule has 0 aromatic carbocycles. The minimum Gasteiger partial charge on any atom is -0.476 e. The Morgan fingerprint density at radius 2 is 2.06 bits per heavy atom. The molecule has 0 aliphatic rings. The number of aromatic carboxylic acids is 1. The molecule has 2 rings (SSSR count). The van der Waals surface area contributed by atoms with Crippen LogP contribution in [0.25, 0.3) is 5.52 Å². The van der Waals surface area contributed by atoms with Crippen LogP contribution in [0.5, 0.6) is 0 Å². The van der Waals surface area contributed by atoms with Crippen molar-refractivity contribution < 1.29 is 9.90 Å². The summed E-state index contributed by atoms with van der Waals surface area (Å²) < 4.78 is 1.50. The van der Waals surface area contributed by atoms with E-state index in [2.05, 4.69) is 30.9 Å². The second-order valence-electron chi connectivity index (χ2n) is 4.70. The molecule has 0 amide bonds. The maximum Gasteiger partial charge on any atom is 0.356 e. The zero-order chi connectivity index (χ0) is 11.9. The minimum atomic E-state index is -1.03. The molecule has 0 spiro atoms. The van der Waals surface area contributed by atoms with Gasteiger partial charge in [0.1, 0.15) is 6.33 Å². The Bertz CT molecular complexity index is 552. The summed E-state index contributed by atoms with van der Waals surface area (Å²) in [5.74, 6) is -1.03. The van der Waals surface area contributed by atoms with Gasteiger partial charge in [-0.1, -0.05) is 20.8 Å². The van der Waals surface area contributed by atoms with Crippen LogP contribution in [0.4, 0.5) is 0 Å². The van der Waals surface area contributed by atoms with E-state index in [1.54, 1.807) is 6.07 Å². The molecule has 0 aliphatic heterocycles. The van der Waals surface area contributed by atoms with Gasteiger partial charge in [-0.05, 0) is 12.1 Å². The lowest BCUT2D eigenvalue weighted by molar-refractivity contribution is 0.0693. The van der Waals surface area contributed by atoms with Gasteiger partial charge in [0.05, 0.1) is 11.2 Å². The van der Waals surface area contributed by atoms with Crippen LogP contribution in [0, 0.1) is 0 Å². The number of hydrogen-bond acceptors (Lipinski definition) is 3. The van der Waals surface area contributed by atoms with Crippen LogP contribution in [0.15, 0.2) is 18.5 Å². The number of rotatable bonds is 1. The monoisotopic (exact) mass is 219 g/mol. The van der Waals surface area contributed by atoms with Gasteiger partial charge in [-0.2, -0.15) is 5.10 Å². The van der Waals surface area contributed by atoms with E-state index in [0.29, 0.717) is 5.52 Å². The van der Waals surface area contributed by atoms with Crippen LogP contribution < -0.4 is 0 Å². The van der Waals surface area contributed by atoms with Crippen LogP contribution in [0.3, 0.4) is 0 Å². The molecule has 2 aromatic heterocycles. The van der Waals surface area contributed by atoms with Gasteiger partial charge in [-0.15, -0.1) is 0 Å². The summed E-state index contributed by atoms with van der Waals surface area (Å²) in [7, 11) is 0. The van der Waals surface area contributed by atoms with Gasteiger partial charge in [0.25, 0.3) is 0 Å². The summed E-state index contributed by atoms with van der Waals surface area (Å²) >= 11 is 0. The second-order valence-corrected chi connectivity index (χ2v) is 4.70. The van der Waals surface area contributed by atoms with Crippen molar-refractivity contribution in [1.82, 2.24) is 14.6 Å². The number of aromatic nitrogens is 3. The summed E-state index contributed by atoms with van der Waals surface area (Å²) in [6, 6.07) is 3.58. The number of carbonyl (C=O) groups is 1. The molecule has 0 fully saturated rings. The van der Waals surface area contributed by atoms with Crippen molar-refractivity contribution in [1.29, 1.82) is 0 Å². The van der Waals surface area contributed by atoms with Crippen molar-refractivity contribution in [2.75, 3.05) is 0 Å². The van der Waals surface area contributed by atoms with Gasteiger partial charge < -0.3 is 5.11 Å². The number of hydrogen-bond donors (Lipinski definition) is 1. The Kier molecular flexibility index (Phi) is 2.18. The molecule has 0 saturated carbocycles. The summed E-state index contributed by atoms with van der Waals surface area (Å²) in [6.07, 6.45) is 1.42. The second kappa shape index (κ2) is 3.30. The predicted molar refractivity (Wildman–Crippen MR) is 58.6 cm³/mol. The Balaban J connectivity index is 2.62. The van der Waals surface area contributed by atoms with Gasteiger partial charge in [0, 0.05) is 5.41 Å². The van der Waals surface area contributed by atoms with Gasteiger partial charge in [-0.3, -0.25) is 0 Å². The molecular weight excluding hydrogens is 206 g/mol. The van der Waals surface area contributed by atoms with Gasteiger partial charge in [-0.25, -0.2) is 14.3 Å². The van der Waals surface area contributed by atoms with Gasteiger partial charge >= 0.3 is 5.97 Å². The van der Waals surface area contributed by atoms with E-state index in [9.17, 15) is 4.79 Å². The number of fused-ring (bicyclic) bond motifs is 1. The van der Waals surface area contributed by atoms with Crippen LogP contribution in [-0.4, -0.2) is 25.7 Å². The first-order chi connectivity index (χ1) is 7.39. The first-order valence-corrected chi connectivity index (χ1v) is 4.98. The first kappa shape index (κ1) is 10.6. The van der Waals surface area contributed by atoms with E-state index in [0.717, 1.165) is 5.69 Å². The number of carboxylic acids is 1. The third-order valence-corrected chi connectivity index (χ3v) is 2.37. The lowest BCUT2D eigenvalue weighted by Crippen LogP contribution is -2.15. The van der Waals surface area contributed by atoms with Crippen molar-refractivity contribution in [2.45, 2.75) is 26.2 Å². The highest BCUT2D eigenvalue weighted by molar-refractivity contribution is 5.93. The van der Waals surface area contributed by atoms with Crippen LogP contribution in [0.1, 0.15) is 37.0 Å². The molecule has 0 bridgehead atoms. The number of imidazole rings is 1. The van der Waals surface area contributed by atoms with Crippen molar-refractivity contribution >= 4 is 11.5 Å². The smallest absolute Gasteiger partial charge is 0.356 e. The van der Waals surface area contributed by atoms with E-state index in [-0.39, 0.29) is 11.1 Å². The molecule has 0 radical (unpaired) electrons. The standard InChI is InChI=1S/C11H13N3O2/c1-11(2,3)8-5-4-7-9(10(15)16)12-6-14(7)13-8/h4-6H,1-3H3,(H,15,16). The third kappa shape index (κ3) is 1.64. The normalized spacial score (nSPS) is 11.9. The summed E-state index contributed by atoms with van der Waals surface area (Å²) in [6.45, 7) is 6.16. The highest BCUT2D eigenvalue weighted by atomic mass is 16.4. The average molecular weight is 219 g/mol. The van der Waals surface area contributed by atoms with Crippen molar-refractivity contribution in [3.05, 3.63) is 29.8 Å². The largest absolute Gasteiger partial charge is 0.476 e. The maximum atomic E-state index is 10.9. The topological polar surface area (TPSA) is 67.5 Å². The zero-order valence-corrected chi connectivity index (χ0v) is 9.43. The fraction of sp³-hybridized carbons (Fsp3) is 0.364. The molecule has 1 N–H and O–H groups in total. The van der Waals surface area contributed by atoms with Crippen molar-refractivity contribution in [2.24, 2.45) is 0 Å². The Hall–Kier alpha value is -1.91. The molecule has 2 heterocycles. The van der Waals surface area contributed by atoms with E-state index in [1.807, 2.05) is 6.07 Å². The summed E-state index contributed by atoms with van der Waals surface area (Å²) in [5.41, 5.74) is 1.38. The molecule has 84 valence electrons. The molecule has 0 aliphatic carbocycles. The SMILES string of the molecule is CC(C)(C)c1ccc2c(C(=O)O)ncn2n1. The third-order valence-electron chi connectivity index (χ3n) is 2.37. The van der Waals surface area contributed by atoms with Crippen LogP contribution >= 0.6 is 0 Å². The lowest BCUT2D eigenvalue weighted by Gasteiger charge is -2.17. The average Bonchev–Trinajstić information content (AvgIpc) is 2.58. The van der Waals surface area contributed by atoms with Crippen LogP contribution in [0.2, 0.25) is 0 Å². The quantitative estimate of drug-likeness (QED) is 0.793. The van der Waals surface area contributed by atoms with Crippen molar-refractivity contribution in [3.8, 4) is 0 Å². The zero-order valence-electron chi connectivity index (χ0n) is 9.43.